The molecule has 0 saturated carbocycles. The minimum atomic E-state index is -0.715. The average molecular weight is 233 g/mol. The number of benzene rings is 1. The van der Waals surface area contributed by atoms with Gasteiger partial charge < -0.3 is 10.0 Å². The lowest BCUT2D eigenvalue weighted by atomic mass is 9.95. The third-order valence-electron chi connectivity index (χ3n) is 3.55. The number of aliphatic carboxylic acids is 1. The van der Waals surface area contributed by atoms with Crippen LogP contribution in [0.2, 0.25) is 0 Å². The van der Waals surface area contributed by atoms with Gasteiger partial charge in [0.05, 0.1) is 5.92 Å². The summed E-state index contributed by atoms with van der Waals surface area (Å²) in [5, 5.41) is 8.98. The van der Waals surface area contributed by atoms with Crippen molar-refractivity contribution in [3.05, 3.63) is 29.3 Å². The van der Waals surface area contributed by atoms with E-state index in [0.717, 1.165) is 19.5 Å². The molecule has 3 heteroatoms. The first kappa shape index (κ1) is 12.0. The molecular weight excluding hydrogens is 214 g/mol. The van der Waals surface area contributed by atoms with Gasteiger partial charge in [-0.05, 0) is 37.0 Å². The fraction of sp³-hybridized carbons (Fsp3) is 0.500. The van der Waals surface area contributed by atoms with Gasteiger partial charge in [0.1, 0.15) is 0 Å². The second kappa shape index (κ2) is 4.78. The van der Waals surface area contributed by atoms with Gasteiger partial charge in [0.2, 0.25) is 0 Å². The summed E-state index contributed by atoms with van der Waals surface area (Å²) < 4.78 is 0. The first-order chi connectivity index (χ1) is 8.13. The van der Waals surface area contributed by atoms with Gasteiger partial charge in [-0.2, -0.15) is 0 Å². The summed E-state index contributed by atoms with van der Waals surface area (Å²) in [4.78, 5) is 13.3. The van der Waals surface area contributed by atoms with Crippen molar-refractivity contribution in [3.63, 3.8) is 0 Å². The number of carboxylic acids is 1. The van der Waals surface area contributed by atoms with Gasteiger partial charge in [-0.1, -0.05) is 19.1 Å². The second-order valence-corrected chi connectivity index (χ2v) is 4.69. The molecule has 1 unspecified atom stereocenters. The highest BCUT2D eigenvalue weighted by Crippen LogP contribution is 2.31. The number of hydrogen-bond acceptors (Lipinski definition) is 2. The first-order valence-electron chi connectivity index (χ1n) is 6.22. The van der Waals surface area contributed by atoms with Crippen LogP contribution in [0.3, 0.4) is 0 Å². The SMILES string of the molecule is CCN1CCc2c(CC(C)C(=O)O)cccc21. The standard InChI is InChI=1S/C14H19NO2/c1-3-15-8-7-12-11(5-4-6-13(12)15)9-10(2)14(16)17/h4-6,10H,3,7-9H2,1-2H3,(H,16,17). The van der Waals surface area contributed by atoms with Crippen LogP contribution < -0.4 is 4.90 Å². The zero-order valence-corrected chi connectivity index (χ0v) is 10.4. The zero-order valence-electron chi connectivity index (χ0n) is 10.4. The molecule has 0 saturated heterocycles. The molecule has 1 aliphatic heterocycles. The Balaban J connectivity index is 2.25. The summed E-state index contributed by atoms with van der Waals surface area (Å²) in [5.41, 5.74) is 3.85. The number of likely N-dealkylation sites (N-methyl/N-ethyl adjacent to an activating group) is 1. The van der Waals surface area contributed by atoms with Crippen LogP contribution in [0, 0.1) is 5.92 Å². The van der Waals surface area contributed by atoms with Crippen molar-refractivity contribution in [2.75, 3.05) is 18.0 Å². The van der Waals surface area contributed by atoms with E-state index in [1.807, 2.05) is 6.07 Å². The maximum Gasteiger partial charge on any atom is 0.306 e. The fourth-order valence-corrected chi connectivity index (χ4v) is 2.51. The maximum absolute atomic E-state index is 10.9. The number of carboxylic acid groups (broad SMARTS) is 1. The number of rotatable bonds is 4. The monoisotopic (exact) mass is 233 g/mol. The van der Waals surface area contributed by atoms with Crippen LogP contribution in [-0.2, 0) is 17.6 Å². The molecule has 1 atom stereocenters. The van der Waals surface area contributed by atoms with Crippen LogP contribution in [-0.4, -0.2) is 24.2 Å². The lowest BCUT2D eigenvalue weighted by molar-refractivity contribution is -0.141. The molecule has 17 heavy (non-hydrogen) atoms. The molecule has 0 bridgehead atoms. The number of anilines is 1. The highest BCUT2D eigenvalue weighted by atomic mass is 16.4. The van der Waals surface area contributed by atoms with Gasteiger partial charge >= 0.3 is 5.97 Å². The Bertz CT molecular complexity index is 428. The molecule has 1 N–H and O–H groups in total. The van der Waals surface area contributed by atoms with E-state index >= 15 is 0 Å². The Morgan fingerprint density at radius 1 is 1.53 bits per heavy atom. The molecule has 2 rings (SSSR count). The summed E-state index contributed by atoms with van der Waals surface area (Å²) in [6.45, 7) is 6.01. The summed E-state index contributed by atoms with van der Waals surface area (Å²) in [7, 11) is 0. The Kier molecular flexibility index (Phi) is 3.36. The normalized spacial score (nSPS) is 15.8. The van der Waals surface area contributed by atoms with Crippen LogP contribution in [0.25, 0.3) is 0 Å². The molecule has 1 aromatic rings. The number of carbonyl (C=O) groups is 1. The van der Waals surface area contributed by atoms with Crippen LogP contribution >= 0.6 is 0 Å². The minimum absolute atomic E-state index is 0.308. The lowest BCUT2D eigenvalue weighted by Gasteiger charge is -2.17. The number of nitrogens with zero attached hydrogens (tertiary/aromatic N) is 1. The summed E-state index contributed by atoms with van der Waals surface area (Å²) in [6.07, 6.45) is 1.68. The third-order valence-corrected chi connectivity index (χ3v) is 3.55. The van der Waals surface area contributed by atoms with Gasteiger partial charge in [-0.3, -0.25) is 4.79 Å². The number of hydrogen-bond donors (Lipinski definition) is 1. The fourth-order valence-electron chi connectivity index (χ4n) is 2.51. The van der Waals surface area contributed by atoms with Crippen molar-refractivity contribution in [3.8, 4) is 0 Å². The van der Waals surface area contributed by atoms with Crippen molar-refractivity contribution < 1.29 is 9.90 Å². The molecular formula is C14H19NO2. The molecule has 1 aliphatic rings. The van der Waals surface area contributed by atoms with E-state index in [1.165, 1.54) is 16.8 Å². The van der Waals surface area contributed by atoms with E-state index < -0.39 is 5.97 Å². The molecule has 0 spiro atoms. The Morgan fingerprint density at radius 2 is 2.29 bits per heavy atom. The molecule has 1 aromatic carbocycles. The van der Waals surface area contributed by atoms with Crippen molar-refractivity contribution >= 4 is 11.7 Å². The molecule has 0 amide bonds. The van der Waals surface area contributed by atoms with Crippen molar-refractivity contribution in [2.24, 2.45) is 5.92 Å². The van der Waals surface area contributed by atoms with E-state index in [1.54, 1.807) is 6.92 Å². The van der Waals surface area contributed by atoms with E-state index in [4.69, 9.17) is 5.11 Å². The van der Waals surface area contributed by atoms with Gasteiger partial charge in [0.25, 0.3) is 0 Å². The van der Waals surface area contributed by atoms with Crippen LogP contribution in [0.15, 0.2) is 18.2 Å². The smallest absolute Gasteiger partial charge is 0.306 e. The van der Waals surface area contributed by atoms with Gasteiger partial charge in [-0.15, -0.1) is 0 Å². The molecule has 3 nitrogen and oxygen atoms in total. The Labute approximate surface area is 102 Å². The second-order valence-electron chi connectivity index (χ2n) is 4.69. The third kappa shape index (κ3) is 2.28. The summed E-state index contributed by atoms with van der Waals surface area (Å²) >= 11 is 0. The first-order valence-corrected chi connectivity index (χ1v) is 6.22. The van der Waals surface area contributed by atoms with Crippen molar-refractivity contribution in [2.45, 2.75) is 26.7 Å². The van der Waals surface area contributed by atoms with Crippen LogP contribution in [0.1, 0.15) is 25.0 Å². The average Bonchev–Trinajstić information content (AvgIpc) is 2.72. The van der Waals surface area contributed by atoms with Crippen LogP contribution in [0.4, 0.5) is 5.69 Å². The molecule has 92 valence electrons. The van der Waals surface area contributed by atoms with E-state index in [9.17, 15) is 4.79 Å². The predicted molar refractivity (Wildman–Crippen MR) is 68.5 cm³/mol. The quantitative estimate of drug-likeness (QED) is 0.867. The van der Waals surface area contributed by atoms with Crippen molar-refractivity contribution in [1.82, 2.24) is 0 Å². The molecule has 0 radical (unpaired) electrons. The van der Waals surface area contributed by atoms with E-state index in [-0.39, 0.29) is 5.92 Å². The Morgan fingerprint density at radius 3 is 2.94 bits per heavy atom. The van der Waals surface area contributed by atoms with Gasteiger partial charge in [0, 0.05) is 18.8 Å². The lowest BCUT2D eigenvalue weighted by Crippen LogP contribution is -2.19. The molecule has 0 fully saturated rings. The number of fused-ring (bicyclic) bond motifs is 1. The molecule has 1 heterocycles. The van der Waals surface area contributed by atoms with Crippen LogP contribution in [0.5, 0.6) is 0 Å². The molecule has 0 aliphatic carbocycles. The minimum Gasteiger partial charge on any atom is -0.481 e. The highest BCUT2D eigenvalue weighted by molar-refractivity contribution is 5.70. The van der Waals surface area contributed by atoms with Gasteiger partial charge in [0.15, 0.2) is 0 Å². The van der Waals surface area contributed by atoms with E-state index in [0.29, 0.717) is 6.42 Å². The van der Waals surface area contributed by atoms with E-state index in [2.05, 4.69) is 24.0 Å². The zero-order chi connectivity index (χ0) is 12.4. The predicted octanol–water partition coefficient (Wildman–Crippen LogP) is 2.33. The summed E-state index contributed by atoms with van der Waals surface area (Å²) in [5.74, 6) is -1.02. The van der Waals surface area contributed by atoms with Gasteiger partial charge in [-0.25, -0.2) is 0 Å². The van der Waals surface area contributed by atoms with Crippen molar-refractivity contribution in [1.29, 1.82) is 0 Å². The maximum atomic E-state index is 10.9. The Hall–Kier alpha value is -1.51. The largest absolute Gasteiger partial charge is 0.481 e. The molecule has 0 aromatic heterocycles. The highest BCUT2D eigenvalue weighted by Gasteiger charge is 2.22. The topological polar surface area (TPSA) is 40.5 Å². The summed E-state index contributed by atoms with van der Waals surface area (Å²) in [6, 6.07) is 6.24.